The Morgan fingerprint density at radius 1 is 1.13 bits per heavy atom. The van der Waals surface area contributed by atoms with E-state index in [9.17, 15) is 13.2 Å². The first-order valence-corrected chi connectivity index (χ1v) is 12.8. The van der Waals surface area contributed by atoms with Gasteiger partial charge in [0, 0.05) is 38.0 Å². The third kappa shape index (κ3) is 4.31. The minimum absolute atomic E-state index is 0.113. The van der Waals surface area contributed by atoms with Gasteiger partial charge in [-0.05, 0) is 38.7 Å². The molecule has 164 valence electrons. The van der Waals surface area contributed by atoms with Crippen molar-refractivity contribution in [3.05, 3.63) is 16.8 Å². The summed E-state index contributed by atoms with van der Waals surface area (Å²) in [4.78, 5) is 20.8. The maximum absolute atomic E-state index is 13.4. The molecule has 8 nitrogen and oxygen atoms in total. The molecule has 0 aliphatic carbocycles. The number of rotatable bonds is 4. The van der Waals surface area contributed by atoms with E-state index >= 15 is 0 Å². The summed E-state index contributed by atoms with van der Waals surface area (Å²) in [6.45, 7) is 5.77. The van der Waals surface area contributed by atoms with Crippen LogP contribution in [-0.4, -0.2) is 59.8 Å². The van der Waals surface area contributed by atoms with Gasteiger partial charge in [-0.2, -0.15) is 9.29 Å². The molecule has 2 aromatic heterocycles. The molecule has 0 aromatic carbocycles. The lowest BCUT2D eigenvalue weighted by Crippen LogP contribution is -2.47. The van der Waals surface area contributed by atoms with Crippen LogP contribution in [0.5, 0.6) is 0 Å². The number of thiophene rings is 1. The van der Waals surface area contributed by atoms with E-state index in [0.29, 0.717) is 34.4 Å². The fourth-order valence-corrected chi connectivity index (χ4v) is 7.29. The smallest absolute Gasteiger partial charge is 0.244 e. The molecule has 2 aliphatic heterocycles. The number of nitrogens with zero attached hydrogens (tertiary/aromatic N) is 4. The van der Waals surface area contributed by atoms with Gasteiger partial charge in [0.05, 0.1) is 15.7 Å². The zero-order chi connectivity index (χ0) is 21.3. The molecule has 30 heavy (non-hydrogen) atoms. The second-order valence-electron chi connectivity index (χ2n) is 8.11. The SMILES string of the molecule is Cc1nc(-c2cc(S(=O)(=O)N3CCC[C@@H](C(=O)N4CCCCCC4)C3)c(C)s2)no1. The van der Waals surface area contributed by atoms with Crippen LogP contribution in [0.4, 0.5) is 0 Å². The van der Waals surface area contributed by atoms with Gasteiger partial charge in [0.25, 0.3) is 0 Å². The van der Waals surface area contributed by atoms with Crippen LogP contribution in [0.1, 0.15) is 49.3 Å². The maximum Gasteiger partial charge on any atom is 0.244 e. The van der Waals surface area contributed by atoms with Crippen molar-refractivity contribution < 1.29 is 17.7 Å². The topological polar surface area (TPSA) is 96.6 Å². The molecule has 4 heterocycles. The zero-order valence-electron chi connectivity index (χ0n) is 17.5. The summed E-state index contributed by atoms with van der Waals surface area (Å²) in [7, 11) is -3.69. The van der Waals surface area contributed by atoms with Crippen molar-refractivity contribution in [2.75, 3.05) is 26.2 Å². The van der Waals surface area contributed by atoms with Crippen LogP contribution < -0.4 is 0 Å². The van der Waals surface area contributed by atoms with Crippen molar-refractivity contribution >= 4 is 27.3 Å². The second-order valence-corrected chi connectivity index (χ2v) is 11.3. The Balaban J connectivity index is 1.52. The Hall–Kier alpha value is -1.78. The highest BCUT2D eigenvalue weighted by Crippen LogP contribution is 2.35. The summed E-state index contributed by atoms with van der Waals surface area (Å²) < 4.78 is 33.3. The van der Waals surface area contributed by atoms with E-state index in [1.165, 1.54) is 15.6 Å². The van der Waals surface area contributed by atoms with E-state index < -0.39 is 10.0 Å². The zero-order valence-corrected chi connectivity index (χ0v) is 19.1. The molecule has 0 bridgehead atoms. The van der Waals surface area contributed by atoms with Gasteiger partial charge >= 0.3 is 0 Å². The molecule has 2 aromatic rings. The molecule has 2 fully saturated rings. The lowest BCUT2D eigenvalue weighted by Gasteiger charge is -2.34. The fourth-order valence-electron chi connectivity index (χ4n) is 4.28. The highest BCUT2D eigenvalue weighted by Gasteiger charge is 2.36. The predicted molar refractivity (Wildman–Crippen MR) is 114 cm³/mol. The summed E-state index contributed by atoms with van der Waals surface area (Å²) in [6.07, 6.45) is 5.84. The summed E-state index contributed by atoms with van der Waals surface area (Å²) in [6, 6.07) is 1.62. The van der Waals surface area contributed by atoms with Crippen molar-refractivity contribution in [1.82, 2.24) is 19.3 Å². The van der Waals surface area contributed by atoms with Crippen LogP contribution in [-0.2, 0) is 14.8 Å². The van der Waals surface area contributed by atoms with Gasteiger partial charge in [-0.15, -0.1) is 11.3 Å². The average Bonchev–Trinajstić information content (AvgIpc) is 3.23. The van der Waals surface area contributed by atoms with Gasteiger partial charge in [0.15, 0.2) is 0 Å². The first kappa shape index (κ1) is 21.5. The van der Waals surface area contributed by atoms with Gasteiger partial charge in [0.1, 0.15) is 0 Å². The van der Waals surface area contributed by atoms with E-state index in [4.69, 9.17) is 4.52 Å². The minimum Gasteiger partial charge on any atom is -0.342 e. The molecular formula is C20H28N4O4S2. The molecule has 10 heteroatoms. The molecule has 0 spiro atoms. The normalized spacial score (nSPS) is 21.5. The Morgan fingerprint density at radius 2 is 1.87 bits per heavy atom. The number of amides is 1. The lowest BCUT2D eigenvalue weighted by atomic mass is 9.98. The molecule has 4 rings (SSSR count). The summed E-state index contributed by atoms with van der Waals surface area (Å²) in [5, 5.41) is 3.90. The Kier molecular flexibility index (Phi) is 6.26. The molecular weight excluding hydrogens is 424 g/mol. The number of aryl methyl sites for hydroxylation is 2. The maximum atomic E-state index is 13.4. The molecule has 2 aliphatic rings. The van der Waals surface area contributed by atoms with Crippen LogP contribution in [0.15, 0.2) is 15.5 Å². The largest absolute Gasteiger partial charge is 0.342 e. The summed E-state index contributed by atoms with van der Waals surface area (Å²) >= 11 is 1.34. The lowest BCUT2D eigenvalue weighted by molar-refractivity contribution is -0.136. The number of carbonyl (C=O) groups is 1. The molecule has 0 radical (unpaired) electrons. The average molecular weight is 453 g/mol. The van der Waals surface area contributed by atoms with Crippen molar-refractivity contribution in [3.8, 4) is 10.7 Å². The Labute approximate surface area is 181 Å². The molecule has 0 saturated carbocycles. The van der Waals surface area contributed by atoms with Gasteiger partial charge in [0.2, 0.25) is 27.6 Å². The number of piperidine rings is 1. The van der Waals surface area contributed by atoms with E-state index in [-0.39, 0.29) is 23.3 Å². The van der Waals surface area contributed by atoms with Crippen molar-refractivity contribution in [2.45, 2.75) is 57.3 Å². The van der Waals surface area contributed by atoms with E-state index in [0.717, 1.165) is 45.2 Å². The summed E-state index contributed by atoms with van der Waals surface area (Å²) in [5.41, 5.74) is 0. The van der Waals surface area contributed by atoms with Crippen molar-refractivity contribution in [3.63, 3.8) is 0 Å². The highest BCUT2D eigenvalue weighted by molar-refractivity contribution is 7.89. The number of hydrogen-bond acceptors (Lipinski definition) is 7. The number of carbonyl (C=O) groups excluding carboxylic acids is 1. The number of likely N-dealkylation sites (tertiary alicyclic amines) is 1. The molecule has 2 saturated heterocycles. The monoisotopic (exact) mass is 452 g/mol. The van der Waals surface area contributed by atoms with Crippen LogP contribution in [0.2, 0.25) is 0 Å². The Morgan fingerprint density at radius 3 is 2.53 bits per heavy atom. The van der Waals surface area contributed by atoms with Gasteiger partial charge in [-0.3, -0.25) is 4.79 Å². The van der Waals surface area contributed by atoms with E-state index in [1.807, 2.05) is 4.90 Å². The fraction of sp³-hybridized carbons (Fsp3) is 0.650. The Bertz CT molecular complexity index is 1010. The van der Waals surface area contributed by atoms with Gasteiger partial charge in [-0.1, -0.05) is 18.0 Å². The third-order valence-corrected chi connectivity index (χ3v) is 9.06. The molecule has 0 N–H and O–H groups in total. The number of hydrogen-bond donors (Lipinski definition) is 0. The third-order valence-electron chi connectivity index (χ3n) is 5.89. The first-order valence-electron chi connectivity index (χ1n) is 10.6. The van der Waals surface area contributed by atoms with Crippen LogP contribution in [0.3, 0.4) is 0 Å². The van der Waals surface area contributed by atoms with Gasteiger partial charge < -0.3 is 9.42 Å². The van der Waals surface area contributed by atoms with E-state index in [1.54, 1.807) is 19.9 Å². The van der Waals surface area contributed by atoms with Crippen molar-refractivity contribution in [1.29, 1.82) is 0 Å². The highest BCUT2D eigenvalue weighted by atomic mass is 32.2. The summed E-state index contributed by atoms with van der Waals surface area (Å²) in [5.74, 6) is 0.688. The van der Waals surface area contributed by atoms with Crippen LogP contribution >= 0.6 is 11.3 Å². The predicted octanol–water partition coefficient (Wildman–Crippen LogP) is 3.22. The second kappa shape index (κ2) is 8.76. The van der Waals surface area contributed by atoms with Crippen LogP contribution in [0, 0.1) is 19.8 Å². The quantitative estimate of drug-likeness (QED) is 0.707. The standard InChI is InChI=1S/C20H28N4O4S2/c1-14-18(12-17(29-14)19-21-15(2)28-22-19)30(26,27)24-11-7-8-16(13-24)20(25)23-9-5-3-4-6-10-23/h12,16H,3-11,13H2,1-2H3/t16-/m1/s1. The van der Waals surface area contributed by atoms with Gasteiger partial charge in [-0.25, -0.2) is 8.42 Å². The molecule has 1 amide bonds. The molecule has 1 atom stereocenters. The number of aromatic nitrogens is 2. The van der Waals surface area contributed by atoms with Crippen LogP contribution in [0.25, 0.3) is 10.7 Å². The number of sulfonamides is 1. The first-order chi connectivity index (χ1) is 14.4. The minimum atomic E-state index is -3.69. The van der Waals surface area contributed by atoms with E-state index in [2.05, 4.69) is 10.1 Å². The molecule has 0 unspecified atom stereocenters. The van der Waals surface area contributed by atoms with Crippen molar-refractivity contribution in [2.24, 2.45) is 5.92 Å².